The van der Waals surface area contributed by atoms with E-state index in [2.05, 4.69) is 22.6 Å². The molecule has 0 unspecified atom stereocenters. The van der Waals surface area contributed by atoms with Crippen LogP contribution in [0, 0.1) is 10.5 Å². The molecule has 0 saturated carbocycles. The summed E-state index contributed by atoms with van der Waals surface area (Å²) >= 11 is 2.23. The minimum atomic E-state index is -0.404. The lowest BCUT2D eigenvalue weighted by Crippen LogP contribution is -2.00. The largest absolute Gasteiger partial charge is 0.489 e. The lowest BCUT2D eigenvalue weighted by molar-refractivity contribution is -0.133. The molecule has 2 rings (SSSR count). The van der Waals surface area contributed by atoms with Crippen molar-refractivity contribution in [1.82, 2.24) is 0 Å². The van der Waals surface area contributed by atoms with Gasteiger partial charge in [-0.25, -0.2) is 0 Å². The molecule has 2 aromatic rings. The minimum Gasteiger partial charge on any atom is -0.489 e. The molecule has 0 radical (unpaired) electrons. The summed E-state index contributed by atoms with van der Waals surface area (Å²) in [7, 11) is 0. The number of furan rings is 1. The Kier molecular flexibility index (Phi) is 4.47. The van der Waals surface area contributed by atoms with Crippen LogP contribution in [0.5, 0.6) is 11.7 Å². The lowest BCUT2D eigenvalue weighted by Gasteiger charge is -2.05. The molecule has 0 aliphatic rings. The lowest BCUT2D eigenvalue weighted by atomic mass is 10.3. The Morgan fingerprint density at radius 1 is 1.37 bits per heavy atom. The topological polar surface area (TPSA) is 48.7 Å². The van der Waals surface area contributed by atoms with E-state index in [0.717, 1.165) is 14.9 Å². The second-order valence-corrected chi connectivity index (χ2v) is 5.23. The molecule has 0 aliphatic heterocycles. The number of benzene rings is 1. The average molecular weight is 372 g/mol. The molecule has 0 atom stereocenters. The van der Waals surface area contributed by atoms with Crippen LogP contribution in [0.4, 0.5) is 0 Å². The summed E-state index contributed by atoms with van der Waals surface area (Å²) < 4.78 is 17.0. The zero-order valence-corrected chi connectivity index (χ0v) is 12.8. The maximum absolute atomic E-state index is 10.8. The van der Waals surface area contributed by atoms with E-state index in [1.165, 1.54) is 6.92 Å². The van der Waals surface area contributed by atoms with Crippen molar-refractivity contribution in [3.8, 4) is 11.7 Å². The molecule has 0 bridgehead atoms. The van der Waals surface area contributed by atoms with E-state index in [4.69, 9.17) is 13.9 Å². The van der Waals surface area contributed by atoms with Gasteiger partial charge in [-0.1, -0.05) is 6.07 Å². The Hall–Kier alpha value is -1.50. The standard InChI is InChI=1S/C14H13IO4/c1-9-11(6-14(18-9)19-10(2)16)8-17-13-5-3-4-12(15)7-13/h3-7H,8H2,1-2H3. The van der Waals surface area contributed by atoms with Crippen molar-refractivity contribution in [3.05, 3.63) is 45.2 Å². The summed E-state index contributed by atoms with van der Waals surface area (Å²) in [6, 6.07) is 9.44. The highest BCUT2D eigenvalue weighted by atomic mass is 127. The third-order valence-electron chi connectivity index (χ3n) is 2.43. The van der Waals surface area contributed by atoms with E-state index >= 15 is 0 Å². The molecule has 0 spiro atoms. The molecular weight excluding hydrogens is 359 g/mol. The Morgan fingerprint density at radius 2 is 2.16 bits per heavy atom. The monoisotopic (exact) mass is 372 g/mol. The fourth-order valence-electron chi connectivity index (χ4n) is 1.54. The van der Waals surface area contributed by atoms with Crippen molar-refractivity contribution in [1.29, 1.82) is 0 Å². The van der Waals surface area contributed by atoms with Gasteiger partial charge in [0.05, 0.1) is 0 Å². The zero-order valence-electron chi connectivity index (χ0n) is 10.6. The molecule has 0 amide bonds. The van der Waals surface area contributed by atoms with Crippen molar-refractivity contribution in [2.24, 2.45) is 0 Å². The van der Waals surface area contributed by atoms with Gasteiger partial charge in [0.15, 0.2) is 0 Å². The van der Waals surface area contributed by atoms with Crippen LogP contribution in [-0.4, -0.2) is 5.97 Å². The number of halogens is 1. The molecule has 0 saturated heterocycles. The van der Waals surface area contributed by atoms with E-state index in [1.807, 2.05) is 24.3 Å². The van der Waals surface area contributed by atoms with Gasteiger partial charge in [-0.3, -0.25) is 4.79 Å². The third kappa shape index (κ3) is 3.99. The van der Waals surface area contributed by atoms with Crippen LogP contribution in [0.3, 0.4) is 0 Å². The van der Waals surface area contributed by atoms with E-state index in [1.54, 1.807) is 13.0 Å². The fourth-order valence-corrected chi connectivity index (χ4v) is 2.06. The Balaban J connectivity index is 2.03. The number of rotatable bonds is 4. The van der Waals surface area contributed by atoms with Crippen molar-refractivity contribution in [2.45, 2.75) is 20.5 Å². The van der Waals surface area contributed by atoms with Gasteiger partial charge in [-0.15, -0.1) is 0 Å². The van der Waals surface area contributed by atoms with Crippen LogP contribution in [0.2, 0.25) is 0 Å². The van der Waals surface area contributed by atoms with E-state index in [9.17, 15) is 4.79 Å². The van der Waals surface area contributed by atoms with Crippen LogP contribution in [-0.2, 0) is 11.4 Å². The van der Waals surface area contributed by atoms with Gasteiger partial charge in [-0.05, 0) is 47.7 Å². The van der Waals surface area contributed by atoms with Crippen LogP contribution in [0.15, 0.2) is 34.7 Å². The summed E-state index contributed by atoms with van der Waals surface area (Å²) in [5.74, 6) is 1.27. The second kappa shape index (κ2) is 6.10. The quantitative estimate of drug-likeness (QED) is 0.607. The number of hydrogen-bond acceptors (Lipinski definition) is 4. The van der Waals surface area contributed by atoms with Crippen molar-refractivity contribution >= 4 is 28.6 Å². The molecular formula is C14H13IO4. The predicted octanol–water partition coefficient (Wildman–Crippen LogP) is 3.70. The van der Waals surface area contributed by atoms with Crippen LogP contribution in [0.25, 0.3) is 0 Å². The number of carbonyl (C=O) groups is 1. The first-order valence-electron chi connectivity index (χ1n) is 5.70. The van der Waals surface area contributed by atoms with E-state index in [0.29, 0.717) is 12.4 Å². The number of carbonyl (C=O) groups excluding carboxylic acids is 1. The first-order valence-corrected chi connectivity index (χ1v) is 6.78. The number of aryl methyl sites for hydroxylation is 1. The number of ether oxygens (including phenoxy) is 2. The maximum atomic E-state index is 10.8. The van der Waals surface area contributed by atoms with Crippen LogP contribution >= 0.6 is 22.6 Å². The molecule has 0 N–H and O–H groups in total. The predicted molar refractivity (Wildman–Crippen MR) is 78.2 cm³/mol. The molecule has 1 heterocycles. The summed E-state index contributed by atoms with van der Waals surface area (Å²) in [5, 5.41) is 0. The number of esters is 1. The SMILES string of the molecule is CC(=O)Oc1cc(COc2cccc(I)c2)c(C)o1. The summed E-state index contributed by atoms with van der Waals surface area (Å²) in [6.45, 7) is 3.51. The second-order valence-electron chi connectivity index (χ2n) is 3.99. The van der Waals surface area contributed by atoms with Crippen molar-refractivity contribution in [2.75, 3.05) is 0 Å². The first kappa shape index (κ1) is 13.9. The Labute approximate surface area is 124 Å². The summed E-state index contributed by atoms with van der Waals surface area (Å²) in [4.78, 5) is 10.8. The first-order chi connectivity index (χ1) is 9.04. The van der Waals surface area contributed by atoms with Gasteiger partial charge >= 0.3 is 5.97 Å². The van der Waals surface area contributed by atoms with Gasteiger partial charge < -0.3 is 13.9 Å². The number of hydrogen-bond donors (Lipinski definition) is 0. The van der Waals surface area contributed by atoms with Crippen LogP contribution < -0.4 is 9.47 Å². The van der Waals surface area contributed by atoms with Crippen molar-refractivity contribution < 1.29 is 18.7 Å². The van der Waals surface area contributed by atoms with Gasteiger partial charge in [0.1, 0.15) is 18.1 Å². The Morgan fingerprint density at radius 3 is 2.84 bits per heavy atom. The normalized spacial score (nSPS) is 10.3. The zero-order chi connectivity index (χ0) is 13.8. The highest BCUT2D eigenvalue weighted by molar-refractivity contribution is 14.1. The highest BCUT2D eigenvalue weighted by Crippen LogP contribution is 2.23. The fraction of sp³-hybridized carbons (Fsp3) is 0.214. The smallest absolute Gasteiger partial charge is 0.310 e. The molecule has 5 heteroatoms. The molecule has 100 valence electrons. The van der Waals surface area contributed by atoms with Gasteiger partial charge in [0, 0.05) is 22.1 Å². The molecule has 0 aliphatic carbocycles. The average Bonchev–Trinajstić information content (AvgIpc) is 2.66. The van der Waals surface area contributed by atoms with Gasteiger partial charge in [0.25, 0.3) is 5.95 Å². The maximum Gasteiger partial charge on any atom is 0.310 e. The Bertz CT molecular complexity index is 589. The molecule has 1 aromatic carbocycles. The summed E-state index contributed by atoms with van der Waals surface area (Å²) in [6.07, 6.45) is 0. The van der Waals surface area contributed by atoms with Crippen LogP contribution in [0.1, 0.15) is 18.2 Å². The molecule has 1 aromatic heterocycles. The van der Waals surface area contributed by atoms with Crippen molar-refractivity contribution in [3.63, 3.8) is 0 Å². The highest BCUT2D eigenvalue weighted by Gasteiger charge is 2.10. The minimum absolute atomic E-state index is 0.200. The molecule has 0 fully saturated rings. The third-order valence-corrected chi connectivity index (χ3v) is 3.10. The molecule has 4 nitrogen and oxygen atoms in total. The van der Waals surface area contributed by atoms with Gasteiger partial charge in [0.2, 0.25) is 0 Å². The molecule has 19 heavy (non-hydrogen) atoms. The summed E-state index contributed by atoms with van der Waals surface area (Å²) in [5.41, 5.74) is 0.857. The van der Waals surface area contributed by atoms with E-state index < -0.39 is 5.97 Å². The van der Waals surface area contributed by atoms with Gasteiger partial charge in [-0.2, -0.15) is 0 Å². The van der Waals surface area contributed by atoms with E-state index in [-0.39, 0.29) is 5.95 Å².